The van der Waals surface area contributed by atoms with Crippen LogP contribution in [0.15, 0.2) is 6.20 Å². The summed E-state index contributed by atoms with van der Waals surface area (Å²) in [7, 11) is 1.66. The molecule has 0 atom stereocenters. The minimum Gasteiger partial charge on any atom is -0.383 e. The Bertz CT molecular complexity index is 417. The Balaban J connectivity index is 2.38. The number of nitrogens with one attached hydrogen (secondary N) is 2. The van der Waals surface area contributed by atoms with Crippen LogP contribution < -0.4 is 10.6 Å². The molecule has 1 rings (SSSR count). The predicted octanol–water partition coefficient (Wildman–Crippen LogP) is 0.319. The van der Waals surface area contributed by atoms with Crippen molar-refractivity contribution in [2.75, 3.05) is 20.3 Å². The van der Waals surface area contributed by atoms with Gasteiger partial charge < -0.3 is 15.4 Å². The Morgan fingerprint density at radius 3 is 2.90 bits per heavy atom. The maximum atomic E-state index is 11.9. The highest BCUT2D eigenvalue weighted by molar-refractivity contribution is 5.76. The first kappa shape index (κ1) is 16.6. The number of methoxy groups -OCH3 is 1. The summed E-state index contributed by atoms with van der Waals surface area (Å²) in [5, 5.41) is 14.1. The molecule has 2 N–H and O–H groups in total. The molecule has 0 spiro atoms. The summed E-state index contributed by atoms with van der Waals surface area (Å²) in [4.78, 5) is 11.9. The average molecular weight is 283 g/mol. The van der Waals surface area contributed by atoms with E-state index in [1.54, 1.807) is 18.0 Å². The van der Waals surface area contributed by atoms with Crippen molar-refractivity contribution in [3.8, 4) is 0 Å². The summed E-state index contributed by atoms with van der Waals surface area (Å²) in [6.07, 6.45) is 2.66. The molecule has 0 saturated heterocycles. The second-order valence-corrected chi connectivity index (χ2v) is 5.36. The zero-order chi connectivity index (χ0) is 15.0. The van der Waals surface area contributed by atoms with E-state index in [9.17, 15) is 4.79 Å². The number of carbonyl (C=O) groups is 1. The molecule has 0 aliphatic carbocycles. The van der Waals surface area contributed by atoms with Crippen LogP contribution in [-0.2, 0) is 22.6 Å². The van der Waals surface area contributed by atoms with Crippen molar-refractivity contribution in [2.45, 2.75) is 45.8 Å². The van der Waals surface area contributed by atoms with Crippen molar-refractivity contribution < 1.29 is 9.53 Å². The molecule has 0 fully saturated rings. The number of nitrogens with zero attached hydrogens (tertiary/aromatic N) is 3. The molecule has 0 aliphatic rings. The van der Waals surface area contributed by atoms with Crippen molar-refractivity contribution in [3.63, 3.8) is 0 Å². The van der Waals surface area contributed by atoms with Gasteiger partial charge in [-0.2, -0.15) is 0 Å². The van der Waals surface area contributed by atoms with E-state index in [-0.39, 0.29) is 18.0 Å². The van der Waals surface area contributed by atoms with E-state index in [0.717, 1.165) is 18.7 Å². The zero-order valence-electron chi connectivity index (χ0n) is 12.8. The van der Waals surface area contributed by atoms with E-state index in [1.807, 2.05) is 20.8 Å². The Labute approximate surface area is 120 Å². The molecule has 114 valence electrons. The van der Waals surface area contributed by atoms with Gasteiger partial charge in [0.15, 0.2) is 0 Å². The molecule has 0 aliphatic heterocycles. The molecule has 7 heteroatoms. The third-order valence-corrected chi connectivity index (χ3v) is 3.04. The summed E-state index contributed by atoms with van der Waals surface area (Å²) in [6.45, 7) is 8.26. The highest BCUT2D eigenvalue weighted by Crippen LogP contribution is 2.06. The Morgan fingerprint density at radius 2 is 2.25 bits per heavy atom. The van der Waals surface area contributed by atoms with Gasteiger partial charge in [0.1, 0.15) is 6.54 Å². The van der Waals surface area contributed by atoms with Crippen LogP contribution in [0, 0.1) is 0 Å². The fraction of sp³-hybridized carbons (Fsp3) is 0.769. The lowest BCUT2D eigenvalue weighted by molar-refractivity contribution is -0.123. The standard InChI is InChI=1S/C13H25N5O2/c1-5-13(2,3)15-12(19)10-18-9-11(16-17-18)8-14-6-7-20-4/h9,14H,5-8,10H2,1-4H3,(H,15,19). The molecule has 7 nitrogen and oxygen atoms in total. The first-order chi connectivity index (χ1) is 9.46. The van der Waals surface area contributed by atoms with Crippen molar-refractivity contribution in [3.05, 3.63) is 11.9 Å². The summed E-state index contributed by atoms with van der Waals surface area (Å²) in [5.74, 6) is -0.0550. The number of hydrogen-bond donors (Lipinski definition) is 2. The molecular formula is C13H25N5O2. The van der Waals surface area contributed by atoms with Crippen LogP contribution in [0.1, 0.15) is 32.9 Å². The number of hydrogen-bond acceptors (Lipinski definition) is 5. The normalized spacial score (nSPS) is 11.6. The van der Waals surface area contributed by atoms with Crippen LogP contribution in [0.5, 0.6) is 0 Å². The number of carbonyl (C=O) groups excluding carboxylic acids is 1. The number of aromatic nitrogens is 3. The monoisotopic (exact) mass is 283 g/mol. The molecule has 20 heavy (non-hydrogen) atoms. The smallest absolute Gasteiger partial charge is 0.242 e. The quantitative estimate of drug-likeness (QED) is 0.638. The van der Waals surface area contributed by atoms with Gasteiger partial charge in [0.2, 0.25) is 5.91 Å². The van der Waals surface area contributed by atoms with Crippen LogP contribution in [0.2, 0.25) is 0 Å². The van der Waals surface area contributed by atoms with Crippen LogP contribution >= 0.6 is 0 Å². The summed E-state index contributed by atoms with van der Waals surface area (Å²) in [5.41, 5.74) is 0.617. The lowest BCUT2D eigenvalue weighted by Gasteiger charge is -2.24. The van der Waals surface area contributed by atoms with Gasteiger partial charge in [-0.3, -0.25) is 4.79 Å². The van der Waals surface area contributed by atoms with E-state index >= 15 is 0 Å². The second-order valence-electron chi connectivity index (χ2n) is 5.36. The summed E-state index contributed by atoms with van der Waals surface area (Å²) in [6, 6.07) is 0. The third-order valence-electron chi connectivity index (χ3n) is 3.04. The molecule has 1 amide bonds. The van der Waals surface area contributed by atoms with Gasteiger partial charge in [-0.1, -0.05) is 12.1 Å². The van der Waals surface area contributed by atoms with E-state index in [0.29, 0.717) is 13.2 Å². The van der Waals surface area contributed by atoms with Crippen LogP contribution in [0.3, 0.4) is 0 Å². The zero-order valence-corrected chi connectivity index (χ0v) is 12.8. The third kappa shape index (κ3) is 6.12. The highest BCUT2D eigenvalue weighted by atomic mass is 16.5. The highest BCUT2D eigenvalue weighted by Gasteiger charge is 2.18. The van der Waals surface area contributed by atoms with Gasteiger partial charge in [-0.15, -0.1) is 5.10 Å². The van der Waals surface area contributed by atoms with E-state index in [1.165, 1.54) is 0 Å². The van der Waals surface area contributed by atoms with E-state index in [2.05, 4.69) is 20.9 Å². The minimum absolute atomic E-state index is 0.0550. The lowest BCUT2D eigenvalue weighted by atomic mass is 10.0. The molecule has 0 radical (unpaired) electrons. The first-order valence-corrected chi connectivity index (χ1v) is 6.86. The summed E-state index contributed by atoms with van der Waals surface area (Å²) >= 11 is 0. The van der Waals surface area contributed by atoms with Gasteiger partial charge in [-0.25, -0.2) is 4.68 Å². The molecule has 0 bridgehead atoms. The molecule has 1 heterocycles. The van der Waals surface area contributed by atoms with Crippen molar-refractivity contribution in [2.24, 2.45) is 0 Å². The van der Waals surface area contributed by atoms with Gasteiger partial charge >= 0.3 is 0 Å². The Kier molecular flexibility index (Phi) is 6.60. The SMILES string of the molecule is CCC(C)(C)NC(=O)Cn1cc(CNCCOC)nn1. The molecule has 1 aromatic heterocycles. The van der Waals surface area contributed by atoms with Crippen molar-refractivity contribution >= 4 is 5.91 Å². The Hall–Kier alpha value is -1.47. The molecule has 0 unspecified atom stereocenters. The van der Waals surface area contributed by atoms with Gasteiger partial charge in [0, 0.05) is 25.7 Å². The first-order valence-electron chi connectivity index (χ1n) is 6.86. The van der Waals surface area contributed by atoms with Gasteiger partial charge in [0.05, 0.1) is 18.5 Å². The summed E-state index contributed by atoms with van der Waals surface area (Å²) < 4.78 is 6.49. The largest absolute Gasteiger partial charge is 0.383 e. The fourth-order valence-electron chi connectivity index (χ4n) is 1.54. The molecule has 1 aromatic rings. The maximum absolute atomic E-state index is 11.9. The minimum atomic E-state index is -0.192. The fourth-order valence-corrected chi connectivity index (χ4v) is 1.54. The van der Waals surface area contributed by atoms with Crippen LogP contribution in [0.4, 0.5) is 0 Å². The number of ether oxygens (including phenoxy) is 1. The Morgan fingerprint density at radius 1 is 1.50 bits per heavy atom. The van der Waals surface area contributed by atoms with E-state index < -0.39 is 0 Å². The average Bonchev–Trinajstić information content (AvgIpc) is 2.81. The number of rotatable bonds is 9. The molecule has 0 saturated carbocycles. The van der Waals surface area contributed by atoms with Gasteiger partial charge in [-0.05, 0) is 20.3 Å². The van der Waals surface area contributed by atoms with Crippen molar-refractivity contribution in [1.29, 1.82) is 0 Å². The maximum Gasteiger partial charge on any atom is 0.242 e. The van der Waals surface area contributed by atoms with Crippen molar-refractivity contribution in [1.82, 2.24) is 25.6 Å². The molecule has 0 aromatic carbocycles. The van der Waals surface area contributed by atoms with E-state index in [4.69, 9.17) is 4.74 Å². The topological polar surface area (TPSA) is 81.1 Å². The second kappa shape index (κ2) is 7.96. The lowest BCUT2D eigenvalue weighted by Crippen LogP contribution is -2.44. The molecular weight excluding hydrogens is 258 g/mol. The van der Waals surface area contributed by atoms with Gasteiger partial charge in [0.25, 0.3) is 0 Å². The van der Waals surface area contributed by atoms with Crippen LogP contribution in [0.25, 0.3) is 0 Å². The van der Waals surface area contributed by atoms with Crippen LogP contribution in [-0.4, -0.2) is 46.7 Å². The number of amides is 1. The predicted molar refractivity (Wildman–Crippen MR) is 76.1 cm³/mol.